The second-order valence-corrected chi connectivity index (χ2v) is 7.57. The second-order valence-electron chi connectivity index (χ2n) is 6.15. The third-order valence-corrected chi connectivity index (χ3v) is 6.13. The van der Waals surface area contributed by atoms with Crippen molar-refractivity contribution in [2.45, 2.75) is 31.4 Å². The standard InChI is InChI=1S/C18H16ClN3OS/c19-13-5-3-12(4-6-13)11-24-17-15(10-21)18(7-1-2-8-18)14(9-20)16(23)22-17/h3-6,14H,1-2,7-8,11H2,(H,22,23)/t14-/m0/s1. The Labute approximate surface area is 150 Å². The van der Waals surface area contributed by atoms with Crippen LogP contribution in [0.4, 0.5) is 0 Å². The summed E-state index contributed by atoms with van der Waals surface area (Å²) in [5, 5.41) is 23.2. The minimum atomic E-state index is -0.769. The van der Waals surface area contributed by atoms with Crippen LogP contribution >= 0.6 is 23.4 Å². The van der Waals surface area contributed by atoms with Gasteiger partial charge >= 0.3 is 0 Å². The Morgan fingerprint density at radius 1 is 1.25 bits per heavy atom. The molecule has 0 saturated heterocycles. The molecule has 24 heavy (non-hydrogen) atoms. The maximum Gasteiger partial charge on any atom is 0.243 e. The largest absolute Gasteiger partial charge is 0.319 e. The van der Waals surface area contributed by atoms with E-state index in [1.165, 1.54) is 11.8 Å². The van der Waals surface area contributed by atoms with E-state index >= 15 is 0 Å². The highest BCUT2D eigenvalue weighted by molar-refractivity contribution is 8.02. The van der Waals surface area contributed by atoms with Gasteiger partial charge in [0.05, 0.1) is 22.7 Å². The Balaban J connectivity index is 1.91. The summed E-state index contributed by atoms with van der Waals surface area (Å²) in [7, 11) is 0. The monoisotopic (exact) mass is 357 g/mol. The molecule has 1 aliphatic heterocycles. The zero-order valence-corrected chi connectivity index (χ0v) is 14.6. The van der Waals surface area contributed by atoms with Gasteiger partial charge in [0.15, 0.2) is 0 Å². The Morgan fingerprint density at radius 2 is 1.92 bits per heavy atom. The van der Waals surface area contributed by atoms with Crippen LogP contribution in [-0.2, 0) is 10.5 Å². The number of rotatable bonds is 3. The zero-order chi connectivity index (χ0) is 17.2. The van der Waals surface area contributed by atoms with Gasteiger partial charge in [0, 0.05) is 16.2 Å². The molecule has 6 heteroatoms. The van der Waals surface area contributed by atoms with E-state index in [-0.39, 0.29) is 5.91 Å². The number of benzene rings is 1. The van der Waals surface area contributed by atoms with Crippen molar-refractivity contribution in [1.29, 1.82) is 10.5 Å². The van der Waals surface area contributed by atoms with E-state index < -0.39 is 11.3 Å². The van der Waals surface area contributed by atoms with Crippen molar-refractivity contribution in [3.05, 3.63) is 45.5 Å². The van der Waals surface area contributed by atoms with Gasteiger partial charge in [-0.1, -0.05) is 36.6 Å². The molecule has 1 aromatic rings. The van der Waals surface area contributed by atoms with Gasteiger partial charge in [-0.15, -0.1) is 11.8 Å². The van der Waals surface area contributed by atoms with Crippen molar-refractivity contribution in [3.63, 3.8) is 0 Å². The molecule has 1 aromatic carbocycles. The van der Waals surface area contributed by atoms with Crippen molar-refractivity contribution >= 4 is 29.3 Å². The number of carbonyl (C=O) groups is 1. The van der Waals surface area contributed by atoms with Crippen LogP contribution in [0.1, 0.15) is 31.2 Å². The summed E-state index contributed by atoms with van der Waals surface area (Å²) < 4.78 is 0. The van der Waals surface area contributed by atoms with E-state index in [1.54, 1.807) is 0 Å². The first-order valence-electron chi connectivity index (χ1n) is 7.83. The first-order valence-corrected chi connectivity index (χ1v) is 9.19. The predicted octanol–water partition coefficient (Wildman–Crippen LogP) is 4.14. The molecule has 1 atom stereocenters. The Bertz CT molecular complexity index is 767. The molecule has 1 spiro atoms. The predicted molar refractivity (Wildman–Crippen MR) is 93.5 cm³/mol. The lowest BCUT2D eigenvalue weighted by Gasteiger charge is -2.37. The molecule has 1 heterocycles. The normalized spacial score (nSPS) is 22.1. The fourth-order valence-corrected chi connectivity index (χ4v) is 4.80. The maximum absolute atomic E-state index is 12.4. The number of thioether (sulfide) groups is 1. The van der Waals surface area contributed by atoms with Crippen LogP contribution in [0, 0.1) is 34.0 Å². The van der Waals surface area contributed by atoms with Crippen LogP contribution in [0.2, 0.25) is 5.02 Å². The highest BCUT2D eigenvalue weighted by Gasteiger charge is 2.52. The van der Waals surface area contributed by atoms with Crippen molar-refractivity contribution in [2.75, 3.05) is 0 Å². The maximum atomic E-state index is 12.4. The molecule has 0 bridgehead atoms. The van der Waals surface area contributed by atoms with Crippen LogP contribution < -0.4 is 5.32 Å². The van der Waals surface area contributed by atoms with Gasteiger partial charge < -0.3 is 5.32 Å². The second kappa shape index (κ2) is 6.89. The van der Waals surface area contributed by atoms with Crippen molar-refractivity contribution in [2.24, 2.45) is 11.3 Å². The molecule has 1 N–H and O–H groups in total. The van der Waals surface area contributed by atoms with Gasteiger partial charge in [0.2, 0.25) is 5.91 Å². The van der Waals surface area contributed by atoms with Crippen molar-refractivity contribution < 1.29 is 4.79 Å². The van der Waals surface area contributed by atoms with E-state index in [1.807, 2.05) is 24.3 Å². The molecule has 0 radical (unpaired) electrons. The van der Waals surface area contributed by atoms with E-state index in [9.17, 15) is 15.3 Å². The smallest absolute Gasteiger partial charge is 0.243 e. The Hall–Kier alpha value is -1.95. The third-order valence-electron chi connectivity index (χ3n) is 4.81. The molecule has 1 amide bonds. The average molecular weight is 358 g/mol. The molecule has 4 nitrogen and oxygen atoms in total. The Morgan fingerprint density at radius 3 is 2.50 bits per heavy atom. The van der Waals surface area contributed by atoms with Crippen LogP contribution in [0.5, 0.6) is 0 Å². The van der Waals surface area contributed by atoms with Crippen LogP contribution in [-0.4, -0.2) is 5.91 Å². The number of hydrogen-bond acceptors (Lipinski definition) is 4. The molecule has 1 aliphatic carbocycles. The van der Waals surface area contributed by atoms with Gasteiger partial charge in [-0.3, -0.25) is 4.79 Å². The molecular weight excluding hydrogens is 342 g/mol. The number of nitrogens with one attached hydrogen (secondary N) is 1. The van der Waals surface area contributed by atoms with Gasteiger partial charge in [-0.05, 0) is 30.5 Å². The van der Waals surface area contributed by atoms with Gasteiger partial charge in [-0.2, -0.15) is 10.5 Å². The third kappa shape index (κ3) is 2.90. The summed E-state index contributed by atoms with van der Waals surface area (Å²) in [6.07, 6.45) is 3.36. The molecule has 1 saturated carbocycles. The quantitative estimate of drug-likeness (QED) is 0.881. The number of carbonyl (C=O) groups excluding carboxylic acids is 1. The number of nitrogens with zero attached hydrogens (tertiary/aromatic N) is 2. The number of hydrogen-bond donors (Lipinski definition) is 1. The summed E-state index contributed by atoms with van der Waals surface area (Å²) >= 11 is 7.33. The van der Waals surface area contributed by atoms with Gasteiger partial charge in [0.1, 0.15) is 5.92 Å². The number of amides is 1. The Kier molecular flexibility index (Phi) is 4.85. The first-order chi connectivity index (χ1) is 11.6. The number of allylic oxidation sites excluding steroid dienone is 1. The highest BCUT2D eigenvalue weighted by atomic mass is 35.5. The zero-order valence-electron chi connectivity index (χ0n) is 13.0. The highest BCUT2D eigenvalue weighted by Crippen LogP contribution is 2.53. The summed E-state index contributed by atoms with van der Waals surface area (Å²) in [4.78, 5) is 12.4. The van der Waals surface area contributed by atoms with Crippen LogP contribution in [0.3, 0.4) is 0 Å². The molecule has 122 valence electrons. The number of halogens is 1. The van der Waals surface area contributed by atoms with Crippen molar-refractivity contribution in [1.82, 2.24) is 5.32 Å². The summed E-state index contributed by atoms with van der Waals surface area (Å²) in [5.41, 5.74) is 1.03. The summed E-state index contributed by atoms with van der Waals surface area (Å²) in [6.45, 7) is 0. The van der Waals surface area contributed by atoms with E-state index in [0.717, 1.165) is 31.2 Å². The minimum Gasteiger partial charge on any atom is -0.319 e. The summed E-state index contributed by atoms with van der Waals surface area (Å²) in [6, 6.07) is 11.9. The average Bonchev–Trinajstić information content (AvgIpc) is 3.04. The fraction of sp³-hybridized carbons (Fsp3) is 0.389. The molecule has 0 unspecified atom stereocenters. The molecular formula is C18H16ClN3OS. The van der Waals surface area contributed by atoms with Crippen LogP contribution in [0.25, 0.3) is 0 Å². The topological polar surface area (TPSA) is 76.7 Å². The van der Waals surface area contributed by atoms with E-state index in [2.05, 4.69) is 17.5 Å². The molecule has 1 fully saturated rings. The van der Waals surface area contributed by atoms with Crippen molar-refractivity contribution in [3.8, 4) is 12.1 Å². The van der Waals surface area contributed by atoms with Crippen LogP contribution in [0.15, 0.2) is 34.9 Å². The number of nitriles is 2. The first kappa shape index (κ1) is 16.9. The fourth-order valence-electron chi connectivity index (χ4n) is 3.60. The van der Waals surface area contributed by atoms with E-state index in [4.69, 9.17) is 11.6 Å². The van der Waals surface area contributed by atoms with Gasteiger partial charge in [0.25, 0.3) is 0 Å². The van der Waals surface area contributed by atoms with Gasteiger partial charge in [-0.25, -0.2) is 0 Å². The molecule has 2 aliphatic rings. The summed E-state index contributed by atoms with van der Waals surface area (Å²) in [5.74, 6) is -0.419. The lowest BCUT2D eigenvalue weighted by molar-refractivity contribution is -0.126. The molecule has 3 rings (SSSR count). The lowest BCUT2D eigenvalue weighted by Crippen LogP contribution is -2.46. The van der Waals surface area contributed by atoms with E-state index in [0.29, 0.717) is 21.4 Å². The minimum absolute atomic E-state index is 0.281. The lowest BCUT2D eigenvalue weighted by atomic mass is 9.67. The SMILES string of the molecule is N#CC1=C(SCc2ccc(Cl)cc2)NC(=O)[C@H](C#N)C12CCCC2. The molecule has 0 aromatic heterocycles.